The van der Waals surface area contributed by atoms with Crippen molar-refractivity contribution in [3.05, 3.63) is 18.2 Å². The van der Waals surface area contributed by atoms with E-state index in [1.54, 1.807) is 25.3 Å². The highest BCUT2D eigenvalue weighted by Gasteiger charge is 2.02. The summed E-state index contributed by atoms with van der Waals surface area (Å²) >= 11 is 0. The van der Waals surface area contributed by atoms with Crippen molar-refractivity contribution in [1.82, 2.24) is 0 Å². The molecule has 12 heavy (non-hydrogen) atoms. The average Bonchev–Trinajstić information content (AvgIpc) is 2.16. The zero-order valence-electron chi connectivity index (χ0n) is 7.00. The Morgan fingerprint density at radius 3 is 2.50 bits per heavy atom. The number of rotatable bonds is 3. The Balaban J connectivity index is 3.10. The van der Waals surface area contributed by atoms with E-state index >= 15 is 0 Å². The van der Waals surface area contributed by atoms with Crippen LogP contribution in [-0.2, 0) is 0 Å². The molecule has 0 fully saturated rings. The number of methoxy groups -OCH3 is 2. The van der Waals surface area contributed by atoms with Gasteiger partial charge in [0.05, 0.1) is 14.2 Å². The summed E-state index contributed by atoms with van der Waals surface area (Å²) in [6, 6.07) is 5.12. The maximum Gasteiger partial charge on any atom is 0.146 e. The van der Waals surface area contributed by atoms with Gasteiger partial charge in [0.2, 0.25) is 0 Å². The van der Waals surface area contributed by atoms with E-state index in [4.69, 9.17) is 15.0 Å². The average molecular weight is 166 g/mol. The molecule has 0 unspecified atom stereocenters. The smallest absolute Gasteiger partial charge is 0.146 e. The van der Waals surface area contributed by atoms with Crippen molar-refractivity contribution in [1.29, 1.82) is 5.53 Å². The van der Waals surface area contributed by atoms with Gasteiger partial charge in [-0.25, -0.2) is 5.53 Å². The zero-order valence-corrected chi connectivity index (χ0v) is 7.00. The number of nitrogens with one attached hydrogen (secondary N) is 1. The second-order valence-corrected chi connectivity index (χ2v) is 2.15. The van der Waals surface area contributed by atoms with Crippen LogP contribution in [-0.4, -0.2) is 14.2 Å². The lowest BCUT2D eigenvalue weighted by molar-refractivity contribution is 0.404. The van der Waals surface area contributed by atoms with Gasteiger partial charge < -0.3 is 9.47 Å². The molecule has 0 aliphatic carbocycles. The van der Waals surface area contributed by atoms with Crippen molar-refractivity contribution in [2.24, 2.45) is 5.11 Å². The van der Waals surface area contributed by atoms with Crippen molar-refractivity contribution < 1.29 is 9.47 Å². The first kappa shape index (κ1) is 8.52. The Kier molecular flexibility index (Phi) is 2.63. The fourth-order valence-corrected chi connectivity index (χ4v) is 0.884. The van der Waals surface area contributed by atoms with Crippen molar-refractivity contribution in [2.45, 2.75) is 0 Å². The highest BCUT2D eigenvalue weighted by molar-refractivity contribution is 5.54. The molecule has 0 atom stereocenters. The van der Waals surface area contributed by atoms with Crippen LogP contribution in [0.25, 0.3) is 0 Å². The van der Waals surface area contributed by atoms with Crippen LogP contribution < -0.4 is 9.47 Å². The minimum absolute atomic E-state index is 0.469. The number of benzene rings is 1. The molecule has 0 heterocycles. The van der Waals surface area contributed by atoms with E-state index in [0.717, 1.165) is 0 Å². The van der Waals surface area contributed by atoms with Gasteiger partial charge in [-0.3, -0.25) is 0 Å². The van der Waals surface area contributed by atoms with Gasteiger partial charge in [0.1, 0.15) is 17.2 Å². The van der Waals surface area contributed by atoms with Gasteiger partial charge in [0.25, 0.3) is 0 Å². The third-order valence-corrected chi connectivity index (χ3v) is 1.51. The molecule has 0 spiro atoms. The van der Waals surface area contributed by atoms with Gasteiger partial charge in [-0.15, -0.1) is 0 Å². The minimum atomic E-state index is 0.469. The molecule has 0 bridgehead atoms. The second-order valence-electron chi connectivity index (χ2n) is 2.15. The van der Waals surface area contributed by atoms with E-state index in [-0.39, 0.29) is 0 Å². The fraction of sp³-hybridized carbons (Fsp3) is 0.250. The Hall–Kier alpha value is -1.58. The van der Waals surface area contributed by atoms with Gasteiger partial charge in [0, 0.05) is 6.07 Å². The molecule has 0 amide bonds. The summed E-state index contributed by atoms with van der Waals surface area (Å²) in [4.78, 5) is 0. The fourth-order valence-electron chi connectivity index (χ4n) is 0.884. The third kappa shape index (κ3) is 1.53. The lowest BCUT2D eigenvalue weighted by Crippen LogP contribution is -1.85. The third-order valence-electron chi connectivity index (χ3n) is 1.51. The molecule has 64 valence electrons. The van der Waals surface area contributed by atoms with E-state index in [1.165, 1.54) is 7.11 Å². The molecule has 0 aliphatic heterocycles. The van der Waals surface area contributed by atoms with Gasteiger partial charge >= 0.3 is 0 Å². The van der Waals surface area contributed by atoms with Crippen molar-refractivity contribution in [2.75, 3.05) is 14.2 Å². The predicted octanol–water partition coefficient (Wildman–Crippen LogP) is 2.37. The summed E-state index contributed by atoms with van der Waals surface area (Å²) in [5.41, 5.74) is 7.32. The monoisotopic (exact) mass is 166 g/mol. The van der Waals surface area contributed by atoms with Crippen molar-refractivity contribution >= 4 is 5.69 Å². The molecule has 1 aromatic carbocycles. The first-order valence-corrected chi connectivity index (χ1v) is 3.41. The Bertz CT molecular complexity index is 286. The van der Waals surface area contributed by atoms with E-state index in [1.807, 2.05) is 0 Å². The van der Waals surface area contributed by atoms with E-state index in [2.05, 4.69) is 5.11 Å². The van der Waals surface area contributed by atoms with Crippen LogP contribution in [0.4, 0.5) is 5.69 Å². The van der Waals surface area contributed by atoms with Crippen LogP contribution in [0, 0.1) is 5.53 Å². The van der Waals surface area contributed by atoms with Gasteiger partial charge in [0.15, 0.2) is 0 Å². The van der Waals surface area contributed by atoms with E-state index < -0.39 is 0 Å². The molecule has 1 rings (SSSR count). The van der Waals surface area contributed by atoms with Crippen molar-refractivity contribution in [3.8, 4) is 11.5 Å². The van der Waals surface area contributed by atoms with Crippen LogP contribution in [0.1, 0.15) is 0 Å². The lowest BCUT2D eigenvalue weighted by atomic mass is 10.3. The maximum atomic E-state index is 6.85. The minimum Gasteiger partial charge on any atom is -0.497 e. The molecule has 1 aromatic rings. The predicted molar refractivity (Wildman–Crippen MR) is 44.4 cm³/mol. The topological polar surface area (TPSA) is 54.7 Å². The molecule has 0 saturated heterocycles. The molecule has 4 nitrogen and oxygen atoms in total. The summed E-state index contributed by atoms with van der Waals surface area (Å²) in [5, 5.41) is 3.29. The molecule has 0 saturated carbocycles. The van der Waals surface area contributed by atoms with Crippen LogP contribution >= 0.6 is 0 Å². The van der Waals surface area contributed by atoms with Crippen LogP contribution in [0.3, 0.4) is 0 Å². The Labute approximate surface area is 70.6 Å². The van der Waals surface area contributed by atoms with E-state index in [9.17, 15) is 0 Å². The molecular weight excluding hydrogens is 156 g/mol. The van der Waals surface area contributed by atoms with Crippen LogP contribution in [0.15, 0.2) is 23.3 Å². The quantitative estimate of drug-likeness (QED) is 0.701. The highest BCUT2D eigenvalue weighted by Crippen LogP contribution is 2.30. The summed E-state index contributed by atoms with van der Waals surface area (Å²) in [6.45, 7) is 0. The largest absolute Gasteiger partial charge is 0.497 e. The Morgan fingerprint density at radius 2 is 2.00 bits per heavy atom. The van der Waals surface area contributed by atoms with Crippen LogP contribution in [0.2, 0.25) is 0 Å². The van der Waals surface area contributed by atoms with Gasteiger partial charge in [-0.1, -0.05) is 0 Å². The molecular formula is C8H10N2O2. The summed E-state index contributed by atoms with van der Waals surface area (Å²) in [6.07, 6.45) is 0. The second kappa shape index (κ2) is 3.71. The lowest BCUT2D eigenvalue weighted by Gasteiger charge is -2.04. The molecule has 0 radical (unpaired) electrons. The van der Waals surface area contributed by atoms with E-state index in [0.29, 0.717) is 17.2 Å². The molecule has 0 aliphatic rings. The van der Waals surface area contributed by atoms with Gasteiger partial charge in [-0.05, 0) is 12.1 Å². The molecule has 0 aromatic heterocycles. The standard InChI is InChI=1S/C8H10N2O2/c1-11-6-3-4-8(12-2)7(5-6)10-9/h3-5,9H,1-2H3. The summed E-state index contributed by atoms with van der Waals surface area (Å²) in [5.74, 6) is 1.24. The summed E-state index contributed by atoms with van der Waals surface area (Å²) < 4.78 is 9.92. The first-order chi connectivity index (χ1) is 5.81. The maximum absolute atomic E-state index is 6.85. The number of nitrogens with zero attached hydrogens (tertiary/aromatic N) is 1. The number of hydrogen-bond acceptors (Lipinski definition) is 4. The SMILES string of the molecule is COc1ccc(OC)c(N=N)c1. The van der Waals surface area contributed by atoms with Gasteiger partial charge in [-0.2, -0.15) is 5.11 Å². The van der Waals surface area contributed by atoms with Crippen molar-refractivity contribution in [3.63, 3.8) is 0 Å². The first-order valence-electron chi connectivity index (χ1n) is 3.41. The summed E-state index contributed by atoms with van der Waals surface area (Å²) in [7, 11) is 3.10. The highest BCUT2D eigenvalue weighted by atomic mass is 16.5. The molecule has 1 N–H and O–H groups in total. The normalized spacial score (nSPS) is 9.17. The van der Waals surface area contributed by atoms with Crippen LogP contribution in [0.5, 0.6) is 11.5 Å². The number of hydrogen-bond donors (Lipinski definition) is 1. The molecule has 4 heteroatoms. The number of ether oxygens (including phenoxy) is 2. The Morgan fingerprint density at radius 1 is 1.25 bits per heavy atom. The zero-order chi connectivity index (χ0) is 8.97.